The van der Waals surface area contributed by atoms with Crippen LogP contribution in [0.4, 0.5) is 13.2 Å². The normalized spacial score (nSPS) is 18.8. The van der Waals surface area contributed by atoms with Gasteiger partial charge >= 0.3 is 6.18 Å². The molecule has 1 fully saturated rings. The highest BCUT2D eigenvalue weighted by molar-refractivity contribution is 5.76. The van der Waals surface area contributed by atoms with Crippen LogP contribution in [-0.2, 0) is 23.9 Å². The standard InChI is InChI=1S/C17H19F3N4O2/c18-17(19,20)13-5-1-3-11(7-13)8-14-22-15(26-23-14)10-24-6-2-4-12(9-24)16(21)25/h1,3,5,7,12H,2,4,6,8-10H2,(H2,21,25)/t12-/m1/s1. The van der Waals surface area contributed by atoms with Crippen molar-refractivity contribution in [3.63, 3.8) is 0 Å². The lowest BCUT2D eigenvalue weighted by Crippen LogP contribution is -2.40. The Morgan fingerprint density at radius 1 is 1.38 bits per heavy atom. The predicted molar refractivity (Wildman–Crippen MR) is 85.7 cm³/mol. The number of nitrogens with two attached hydrogens (primary N) is 1. The summed E-state index contributed by atoms with van der Waals surface area (Å²) < 4.78 is 43.5. The molecule has 3 rings (SSSR count). The van der Waals surface area contributed by atoms with Crippen molar-refractivity contribution in [3.8, 4) is 0 Å². The SMILES string of the molecule is NC(=O)[C@@H]1CCCN(Cc2nc(Cc3cccc(C(F)(F)F)c3)no2)C1. The third-order valence-electron chi connectivity index (χ3n) is 4.39. The molecule has 1 atom stereocenters. The first-order valence-electron chi connectivity index (χ1n) is 8.30. The van der Waals surface area contributed by atoms with Crippen LogP contribution in [-0.4, -0.2) is 34.0 Å². The van der Waals surface area contributed by atoms with Gasteiger partial charge in [-0.1, -0.05) is 23.4 Å². The predicted octanol–water partition coefficient (Wildman–Crippen LogP) is 2.38. The molecular weight excluding hydrogens is 349 g/mol. The molecule has 2 heterocycles. The Hall–Kier alpha value is -2.42. The van der Waals surface area contributed by atoms with Gasteiger partial charge in [-0.05, 0) is 31.0 Å². The second-order valence-corrected chi connectivity index (χ2v) is 6.46. The fourth-order valence-electron chi connectivity index (χ4n) is 3.09. The fraction of sp³-hybridized carbons (Fsp3) is 0.471. The largest absolute Gasteiger partial charge is 0.416 e. The lowest BCUT2D eigenvalue weighted by molar-refractivity contribution is -0.137. The van der Waals surface area contributed by atoms with Crippen molar-refractivity contribution in [3.05, 3.63) is 47.1 Å². The molecule has 1 aromatic heterocycles. The smallest absolute Gasteiger partial charge is 0.369 e. The van der Waals surface area contributed by atoms with Crippen LogP contribution in [0.2, 0.25) is 0 Å². The summed E-state index contributed by atoms with van der Waals surface area (Å²) >= 11 is 0. The number of aromatic nitrogens is 2. The number of carbonyl (C=O) groups is 1. The number of hydrogen-bond donors (Lipinski definition) is 1. The highest BCUT2D eigenvalue weighted by Gasteiger charge is 2.30. The Morgan fingerprint density at radius 3 is 2.92 bits per heavy atom. The van der Waals surface area contributed by atoms with Gasteiger partial charge in [-0.2, -0.15) is 18.2 Å². The van der Waals surface area contributed by atoms with Crippen molar-refractivity contribution in [2.24, 2.45) is 11.7 Å². The van der Waals surface area contributed by atoms with Crippen LogP contribution in [0.1, 0.15) is 35.7 Å². The zero-order chi connectivity index (χ0) is 18.7. The molecule has 1 aromatic carbocycles. The summed E-state index contributed by atoms with van der Waals surface area (Å²) in [7, 11) is 0. The van der Waals surface area contributed by atoms with E-state index in [1.54, 1.807) is 6.07 Å². The molecule has 9 heteroatoms. The lowest BCUT2D eigenvalue weighted by Gasteiger charge is -2.29. The van der Waals surface area contributed by atoms with Gasteiger partial charge in [0.1, 0.15) is 0 Å². The molecule has 26 heavy (non-hydrogen) atoms. The van der Waals surface area contributed by atoms with Crippen LogP contribution in [0, 0.1) is 5.92 Å². The summed E-state index contributed by atoms with van der Waals surface area (Å²) in [5.74, 6) is 0.196. The Balaban J connectivity index is 1.62. The molecule has 1 amide bonds. The molecule has 0 bridgehead atoms. The first-order valence-corrected chi connectivity index (χ1v) is 8.30. The highest BCUT2D eigenvalue weighted by atomic mass is 19.4. The van der Waals surface area contributed by atoms with Gasteiger partial charge in [0, 0.05) is 13.0 Å². The molecule has 1 saturated heterocycles. The number of primary amides is 1. The minimum atomic E-state index is -4.39. The van der Waals surface area contributed by atoms with Crippen molar-refractivity contribution in [2.75, 3.05) is 13.1 Å². The average Bonchev–Trinajstić information content (AvgIpc) is 3.01. The fourth-order valence-corrected chi connectivity index (χ4v) is 3.09. The Labute approximate surface area is 148 Å². The molecule has 2 N–H and O–H groups in total. The zero-order valence-electron chi connectivity index (χ0n) is 14.0. The van der Waals surface area contributed by atoms with Crippen molar-refractivity contribution in [2.45, 2.75) is 32.0 Å². The van der Waals surface area contributed by atoms with Crippen LogP contribution in [0.15, 0.2) is 28.8 Å². The Kier molecular flexibility index (Phi) is 5.26. The van der Waals surface area contributed by atoms with Gasteiger partial charge in [-0.15, -0.1) is 0 Å². The van der Waals surface area contributed by atoms with Gasteiger partial charge in [-0.3, -0.25) is 9.69 Å². The van der Waals surface area contributed by atoms with E-state index in [-0.39, 0.29) is 18.2 Å². The maximum absolute atomic E-state index is 12.8. The van der Waals surface area contributed by atoms with Gasteiger partial charge in [0.2, 0.25) is 11.8 Å². The van der Waals surface area contributed by atoms with E-state index in [2.05, 4.69) is 10.1 Å². The molecule has 1 aliphatic heterocycles. The highest BCUT2D eigenvalue weighted by Crippen LogP contribution is 2.29. The van der Waals surface area contributed by atoms with E-state index in [1.165, 1.54) is 6.07 Å². The monoisotopic (exact) mass is 368 g/mol. The van der Waals surface area contributed by atoms with Gasteiger partial charge in [0.25, 0.3) is 0 Å². The van der Waals surface area contributed by atoms with Crippen molar-refractivity contribution in [1.29, 1.82) is 0 Å². The quantitative estimate of drug-likeness (QED) is 0.876. The number of piperidine rings is 1. The van der Waals surface area contributed by atoms with Crippen molar-refractivity contribution < 1.29 is 22.5 Å². The van der Waals surface area contributed by atoms with Crippen LogP contribution in [0.5, 0.6) is 0 Å². The van der Waals surface area contributed by atoms with E-state index in [0.717, 1.165) is 31.5 Å². The van der Waals surface area contributed by atoms with Gasteiger partial charge in [0.05, 0.1) is 18.0 Å². The third kappa shape index (κ3) is 4.60. The molecule has 1 aliphatic rings. The minimum absolute atomic E-state index is 0.150. The van der Waals surface area contributed by atoms with Crippen LogP contribution in [0.3, 0.4) is 0 Å². The van der Waals surface area contributed by atoms with E-state index in [1.807, 2.05) is 4.90 Å². The van der Waals surface area contributed by atoms with Crippen LogP contribution < -0.4 is 5.73 Å². The number of rotatable bonds is 5. The summed E-state index contributed by atoms with van der Waals surface area (Å²) in [6, 6.07) is 5.05. The average molecular weight is 368 g/mol. The Morgan fingerprint density at radius 2 is 2.19 bits per heavy atom. The molecule has 0 radical (unpaired) electrons. The number of halogens is 3. The van der Waals surface area contributed by atoms with E-state index < -0.39 is 11.7 Å². The first kappa shape index (κ1) is 18.4. The molecule has 0 unspecified atom stereocenters. The number of amides is 1. The number of alkyl halides is 3. The lowest BCUT2D eigenvalue weighted by atomic mass is 9.97. The van der Waals surface area contributed by atoms with E-state index >= 15 is 0 Å². The zero-order valence-corrected chi connectivity index (χ0v) is 14.0. The third-order valence-corrected chi connectivity index (χ3v) is 4.39. The Bertz CT molecular complexity index is 775. The van der Waals surface area contributed by atoms with E-state index in [9.17, 15) is 18.0 Å². The maximum Gasteiger partial charge on any atom is 0.416 e. The first-order chi connectivity index (χ1) is 12.3. The van der Waals surface area contributed by atoms with Gasteiger partial charge in [-0.25, -0.2) is 0 Å². The number of carbonyl (C=O) groups excluding carboxylic acids is 1. The molecule has 0 aliphatic carbocycles. The summed E-state index contributed by atoms with van der Waals surface area (Å²) in [5.41, 5.74) is 5.11. The molecule has 0 saturated carbocycles. The topological polar surface area (TPSA) is 85.3 Å². The summed E-state index contributed by atoms with van der Waals surface area (Å²) in [6.45, 7) is 1.73. The summed E-state index contributed by atoms with van der Waals surface area (Å²) in [6.07, 6.45) is -2.60. The number of likely N-dealkylation sites (tertiary alicyclic amines) is 1. The van der Waals surface area contributed by atoms with Gasteiger partial charge in [0.15, 0.2) is 5.82 Å². The summed E-state index contributed by atoms with van der Waals surface area (Å²) in [5, 5.41) is 3.84. The molecule has 0 spiro atoms. The number of benzene rings is 1. The number of nitrogens with zero attached hydrogens (tertiary/aromatic N) is 3. The van der Waals surface area contributed by atoms with Crippen LogP contribution >= 0.6 is 0 Å². The second-order valence-electron chi connectivity index (χ2n) is 6.46. The second kappa shape index (κ2) is 7.45. The minimum Gasteiger partial charge on any atom is -0.369 e. The van der Waals surface area contributed by atoms with Crippen LogP contribution in [0.25, 0.3) is 0 Å². The molecule has 140 valence electrons. The summed E-state index contributed by atoms with van der Waals surface area (Å²) in [4.78, 5) is 17.6. The molecular formula is C17H19F3N4O2. The van der Waals surface area contributed by atoms with E-state index in [4.69, 9.17) is 10.3 Å². The van der Waals surface area contributed by atoms with Gasteiger partial charge < -0.3 is 10.3 Å². The van der Waals surface area contributed by atoms with E-state index in [0.29, 0.717) is 30.4 Å². The van der Waals surface area contributed by atoms with Crippen molar-refractivity contribution >= 4 is 5.91 Å². The number of hydrogen-bond acceptors (Lipinski definition) is 5. The van der Waals surface area contributed by atoms with Crippen molar-refractivity contribution in [1.82, 2.24) is 15.0 Å². The molecule has 2 aromatic rings. The maximum atomic E-state index is 12.8. The molecule has 6 nitrogen and oxygen atoms in total.